The topological polar surface area (TPSA) is 76.7 Å². The van der Waals surface area contributed by atoms with Gasteiger partial charge in [0.05, 0.1) is 0 Å². The molecule has 1 N–H and O–H groups in total. The molecule has 3 aromatic rings. The van der Waals surface area contributed by atoms with Crippen LogP contribution in [0.2, 0.25) is 0 Å². The van der Waals surface area contributed by atoms with Crippen molar-refractivity contribution >= 4 is 12.4 Å². The highest BCUT2D eigenvalue weighted by atomic mass is 35.5. The van der Waals surface area contributed by atoms with E-state index in [2.05, 4.69) is 25.7 Å². The molecule has 0 bridgehead atoms. The number of rotatable bonds is 4. The summed E-state index contributed by atoms with van der Waals surface area (Å²) in [5.74, 6) is 0.934. The number of halogens is 1. The summed E-state index contributed by atoms with van der Waals surface area (Å²) < 4.78 is 5.34. The van der Waals surface area contributed by atoms with Crippen molar-refractivity contribution < 1.29 is 4.52 Å². The average Bonchev–Trinajstić information content (AvgIpc) is 3.00. The van der Waals surface area contributed by atoms with Crippen LogP contribution >= 0.6 is 12.4 Å². The van der Waals surface area contributed by atoms with Crippen LogP contribution in [0.3, 0.4) is 0 Å². The Kier molecular flexibility index (Phi) is 4.97. The van der Waals surface area contributed by atoms with Crippen LogP contribution < -0.4 is 5.32 Å². The smallest absolute Gasteiger partial charge is 0.248 e. The van der Waals surface area contributed by atoms with Gasteiger partial charge in [0.15, 0.2) is 0 Å². The van der Waals surface area contributed by atoms with Gasteiger partial charge in [-0.15, -0.1) is 17.5 Å². The predicted octanol–water partition coefficient (Wildman–Crippen LogP) is 2.26. The molecule has 2 aromatic heterocycles. The predicted molar refractivity (Wildman–Crippen MR) is 79.9 cm³/mol. The molecule has 0 aliphatic heterocycles. The van der Waals surface area contributed by atoms with Crippen LogP contribution in [-0.2, 0) is 0 Å². The largest absolute Gasteiger partial charge is 0.337 e. The number of benzene rings is 1. The molecule has 108 valence electrons. The highest BCUT2D eigenvalue weighted by molar-refractivity contribution is 5.85. The first kappa shape index (κ1) is 15.1. The zero-order chi connectivity index (χ0) is 13.8. The molecular weight excluding hydrogens is 290 g/mol. The molecule has 0 amide bonds. The van der Waals surface area contributed by atoms with Crippen LogP contribution in [0.15, 0.2) is 53.2 Å². The van der Waals surface area contributed by atoms with E-state index in [4.69, 9.17) is 4.52 Å². The quantitative estimate of drug-likeness (QED) is 0.796. The van der Waals surface area contributed by atoms with Crippen LogP contribution in [0.25, 0.3) is 11.5 Å². The summed E-state index contributed by atoms with van der Waals surface area (Å²) in [7, 11) is 1.85. The second-order valence-corrected chi connectivity index (χ2v) is 4.20. The van der Waals surface area contributed by atoms with Crippen molar-refractivity contribution in [3.05, 3.63) is 60.1 Å². The van der Waals surface area contributed by atoms with E-state index in [1.54, 1.807) is 18.3 Å². The van der Waals surface area contributed by atoms with Gasteiger partial charge in [-0.05, 0) is 24.7 Å². The van der Waals surface area contributed by atoms with E-state index in [1.165, 1.54) is 0 Å². The minimum absolute atomic E-state index is 0. The zero-order valence-corrected chi connectivity index (χ0v) is 12.1. The fourth-order valence-electron chi connectivity index (χ4n) is 1.96. The molecule has 7 heteroatoms. The average molecular weight is 304 g/mol. The minimum Gasteiger partial charge on any atom is -0.337 e. The first-order chi connectivity index (χ1) is 9.88. The first-order valence-corrected chi connectivity index (χ1v) is 6.22. The van der Waals surface area contributed by atoms with Gasteiger partial charge in [0, 0.05) is 6.20 Å². The van der Waals surface area contributed by atoms with Gasteiger partial charge in [-0.2, -0.15) is 10.1 Å². The highest BCUT2D eigenvalue weighted by Crippen LogP contribution is 2.22. The second kappa shape index (κ2) is 6.92. The molecule has 0 spiro atoms. The maximum Gasteiger partial charge on any atom is 0.248 e. The van der Waals surface area contributed by atoms with Crippen molar-refractivity contribution in [2.45, 2.75) is 6.04 Å². The molecule has 2 heterocycles. The lowest BCUT2D eigenvalue weighted by atomic mass is 10.1. The monoisotopic (exact) mass is 303 g/mol. The van der Waals surface area contributed by atoms with Gasteiger partial charge < -0.3 is 9.84 Å². The van der Waals surface area contributed by atoms with Crippen LogP contribution in [0, 0.1) is 0 Å². The molecule has 21 heavy (non-hydrogen) atoms. The van der Waals surface area contributed by atoms with Crippen LogP contribution in [0.4, 0.5) is 0 Å². The lowest BCUT2D eigenvalue weighted by Gasteiger charge is -2.11. The standard InChI is InChI=1S/C14H13N5O.ClH/c1-15-12(10-6-3-2-4-7-10)14-17-13(19-20-14)11-8-5-9-16-18-11;/h2-9,12,15H,1H3;1H. The molecule has 6 nitrogen and oxygen atoms in total. The summed E-state index contributed by atoms with van der Waals surface area (Å²) in [4.78, 5) is 4.39. The number of hydrogen-bond donors (Lipinski definition) is 1. The Hall–Kier alpha value is -2.31. The summed E-state index contributed by atoms with van der Waals surface area (Å²) in [5.41, 5.74) is 1.65. The molecule has 3 rings (SSSR count). The third-order valence-electron chi connectivity index (χ3n) is 2.91. The van der Waals surface area contributed by atoms with Gasteiger partial charge in [0.1, 0.15) is 11.7 Å². The van der Waals surface area contributed by atoms with Gasteiger partial charge >= 0.3 is 0 Å². The van der Waals surface area contributed by atoms with Gasteiger partial charge in [-0.3, -0.25) is 0 Å². The van der Waals surface area contributed by atoms with Gasteiger partial charge in [0.2, 0.25) is 11.7 Å². The van der Waals surface area contributed by atoms with Crippen molar-refractivity contribution in [3.8, 4) is 11.5 Å². The van der Waals surface area contributed by atoms with E-state index >= 15 is 0 Å². The molecule has 1 aromatic carbocycles. The van der Waals surface area contributed by atoms with E-state index in [9.17, 15) is 0 Å². The third-order valence-corrected chi connectivity index (χ3v) is 2.91. The van der Waals surface area contributed by atoms with E-state index < -0.39 is 0 Å². The number of aromatic nitrogens is 4. The number of nitrogens with zero attached hydrogens (tertiary/aromatic N) is 4. The first-order valence-electron chi connectivity index (χ1n) is 6.22. The molecule has 0 saturated heterocycles. The number of nitrogens with one attached hydrogen (secondary N) is 1. The number of hydrogen-bond acceptors (Lipinski definition) is 6. The van der Waals surface area contributed by atoms with Crippen LogP contribution in [0.5, 0.6) is 0 Å². The lowest BCUT2D eigenvalue weighted by molar-refractivity contribution is 0.355. The van der Waals surface area contributed by atoms with Crippen molar-refractivity contribution in [1.82, 2.24) is 25.7 Å². The molecule has 1 atom stereocenters. The van der Waals surface area contributed by atoms with Crippen molar-refractivity contribution in [3.63, 3.8) is 0 Å². The summed E-state index contributed by atoms with van der Waals surface area (Å²) in [6, 6.07) is 13.4. The lowest BCUT2D eigenvalue weighted by Crippen LogP contribution is -2.17. The van der Waals surface area contributed by atoms with Gasteiger partial charge in [-0.25, -0.2) is 0 Å². The molecule has 0 saturated carbocycles. The van der Waals surface area contributed by atoms with Crippen molar-refractivity contribution in [2.75, 3.05) is 7.05 Å². The molecule has 0 aliphatic rings. The van der Waals surface area contributed by atoms with Crippen LogP contribution in [0.1, 0.15) is 17.5 Å². The summed E-state index contributed by atoms with van der Waals surface area (Å²) in [5, 5.41) is 14.9. The maximum atomic E-state index is 5.34. The Morgan fingerprint density at radius 3 is 2.57 bits per heavy atom. The van der Waals surface area contributed by atoms with Gasteiger partial charge in [-0.1, -0.05) is 35.5 Å². The van der Waals surface area contributed by atoms with E-state index in [0.717, 1.165) is 5.56 Å². The molecule has 1 unspecified atom stereocenters. The summed E-state index contributed by atoms with van der Waals surface area (Å²) in [6.07, 6.45) is 1.60. The fourth-order valence-corrected chi connectivity index (χ4v) is 1.96. The Morgan fingerprint density at radius 1 is 1.10 bits per heavy atom. The van der Waals surface area contributed by atoms with Crippen molar-refractivity contribution in [1.29, 1.82) is 0 Å². The van der Waals surface area contributed by atoms with Crippen molar-refractivity contribution in [2.24, 2.45) is 0 Å². The SMILES string of the molecule is CNC(c1ccccc1)c1nc(-c2cccnn2)no1.Cl. The molecule has 0 fully saturated rings. The Balaban J connectivity index is 0.00000161. The van der Waals surface area contributed by atoms with Crippen LogP contribution in [-0.4, -0.2) is 27.4 Å². The Bertz CT molecular complexity index is 674. The van der Waals surface area contributed by atoms with E-state index in [0.29, 0.717) is 17.4 Å². The molecule has 0 radical (unpaired) electrons. The minimum atomic E-state index is -0.144. The van der Waals surface area contributed by atoms with Gasteiger partial charge in [0.25, 0.3) is 0 Å². The third kappa shape index (κ3) is 3.24. The zero-order valence-electron chi connectivity index (χ0n) is 11.3. The van der Waals surface area contributed by atoms with E-state index in [1.807, 2.05) is 37.4 Å². The molecule has 0 aliphatic carbocycles. The van der Waals surface area contributed by atoms with E-state index in [-0.39, 0.29) is 18.4 Å². The maximum absolute atomic E-state index is 5.34. The summed E-state index contributed by atoms with van der Waals surface area (Å²) in [6.45, 7) is 0. The Morgan fingerprint density at radius 2 is 1.90 bits per heavy atom. The highest BCUT2D eigenvalue weighted by Gasteiger charge is 2.20. The Labute approximate surface area is 128 Å². The summed E-state index contributed by atoms with van der Waals surface area (Å²) >= 11 is 0. The second-order valence-electron chi connectivity index (χ2n) is 4.20. The normalized spacial score (nSPS) is 11.7. The fraction of sp³-hybridized carbons (Fsp3) is 0.143. The molecular formula is C14H14ClN5O.